The van der Waals surface area contributed by atoms with Gasteiger partial charge in [-0.1, -0.05) is 36.8 Å². The molecule has 3 aliphatic heterocycles. The molecule has 2 aromatic rings. The maximum atomic E-state index is 13.3. The Labute approximate surface area is 163 Å². The Hall–Kier alpha value is -2.71. The normalized spacial score (nSPS) is 23.3. The van der Waals surface area contributed by atoms with Crippen LogP contribution in [0.5, 0.6) is 0 Å². The minimum absolute atomic E-state index is 0.252. The van der Waals surface area contributed by atoms with Gasteiger partial charge in [0, 0.05) is 24.2 Å². The van der Waals surface area contributed by atoms with E-state index in [0.29, 0.717) is 17.0 Å². The second-order valence-corrected chi connectivity index (χ2v) is 8.96. The van der Waals surface area contributed by atoms with E-state index < -0.39 is 16.3 Å². The average molecular weight is 396 g/mol. The van der Waals surface area contributed by atoms with E-state index in [-0.39, 0.29) is 10.8 Å². The first-order valence-electron chi connectivity index (χ1n) is 9.44. The monoisotopic (exact) mass is 396 g/mol. The fourth-order valence-corrected chi connectivity index (χ4v) is 5.85. The third kappa shape index (κ3) is 2.48. The van der Waals surface area contributed by atoms with Gasteiger partial charge in [0.25, 0.3) is 15.9 Å². The fraction of sp³-hybridized carbons (Fsp3) is 0.300. The molecule has 7 nitrogen and oxygen atoms in total. The quantitative estimate of drug-likeness (QED) is 0.781. The lowest BCUT2D eigenvalue weighted by molar-refractivity contribution is 0.00557. The summed E-state index contributed by atoms with van der Waals surface area (Å²) in [5, 5.41) is 5.86. The Bertz CT molecular complexity index is 1060. The highest BCUT2D eigenvalue weighted by molar-refractivity contribution is 7.90. The van der Waals surface area contributed by atoms with Gasteiger partial charge in [0.2, 0.25) is 0 Å². The molecular weight excluding hydrogens is 376 g/mol. The van der Waals surface area contributed by atoms with Crippen LogP contribution >= 0.6 is 0 Å². The number of carbonyl (C=O) groups excluding carboxylic acids is 1. The molecule has 28 heavy (non-hydrogen) atoms. The molecule has 0 radical (unpaired) electrons. The molecule has 0 aromatic heterocycles. The number of hydrogen-bond acceptors (Lipinski definition) is 5. The number of nitrogens with zero attached hydrogens (tertiary/aromatic N) is 4. The molecule has 1 amide bonds. The number of benzene rings is 2. The van der Waals surface area contributed by atoms with Crippen molar-refractivity contribution in [3.05, 3.63) is 65.7 Å². The second-order valence-electron chi connectivity index (χ2n) is 7.18. The third-order valence-electron chi connectivity index (χ3n) is 5.45. The van der Waals surface area contributed by atoms with E-state index in [1.807, 2.05) is 11.0 Å². The first-order valence-corrected chi connectivity index (χ1v) is 10.9. The van der Waals surface area contributed by atoms with E-state index >= 15 is 0 Å². The van der Waals surface area contributed by atoms with Gasteiger partial charge in [-0.05, 0) is 37.1 Å². The zero-order valence-electron chi connectivity index (χ0n) is 15.2. The van der Waals surface area contributed by atoms with Crippen LogP contribution in [0.3, 0.4) is 0 Å². The Kier molecular flexibility index (Phi) is 3.99. The molecule has 1 saturated heterocycles. The SMILES string of the molecule is O=C(c1ccccc1)N1N=C2c3ccccc3S(=O)(=O)N2[C@H]1N1CCCCC1. The molecule has 3 aliphatic rings. The number of carbonyl (C=O) groups is 1. The molecule has 8 heteroatoms. The topological polar surface area (TPSA) is 73.3 Å². The molecule has 144 valence electrons. The standard InChI is InChI=1S/C20H20N4O3S/c25-19(15-9-3-1-4-10-15)23-20(22-13-7-2-8-14-22)24-18(21-23)16-11-5-6-12-17(16)28(24,26)27/h1,3-6,9-12,20H,2,7-8,13-14H2/t20-/m0/s1. The second kappa shape index (κ2) is 6.42. The molecule has 2 aromatic carbocycles. The highest BCUT2D eigenvalue weighted by atomic mass is 32.2. The lowest BCUT2D eigenvalue weighted by Crippen LogP contribution is -2.56. The first kappa shape index (κ1) is 17.4. The van der Waals surface area contributed by atoms with Crippen molar-refractivity contribution < 1.29 is 13.2 Å². The van der Waals surface area contributed by atoms with Gasteiger partial charge in [0.05, 0.1) is 4.90 Å². The van der Waals surface area contributed by atoms with E-state index in [1.165, 1.54) is 9.31 Å². The van der Waals surface area contributed by atoms with E-state index in [0.717, 1.165) is 32.4 Å². The average Bonchev–Trinajstić information content (AvgIpc) is 3.24. The third-order valence-corrected chi connectivity index (χ3v) is 7.24. The predicted octanol–water partition coefficient (Wildman–Crippen LogP) is 2.28. The molecule has 1 atom stereocenters. The van der Waals surface area contributed by atoms with Crippen molar-refractivity contribution in [2.24, 2.45) is 5.10 Å². The maximum absolute atomic E-state index is 13.3. The number of amidine groups is 1. The summed E-state index contributed by atoms with van der Waals surface area (Å²) in [5.41, 5.74) is 1.04. The number of likely N-dealkylation sites (tertiary alicyclic amines) is 1. The van der Waals surface area contributed by atoms with Gasteiger partial charge >= 0.3 is 0 Å². The number of fused-ring (bicyclic) bond motifs is 3. The molecular formula is C20H20N4O3S. The summed E-state index contributed by atoms with van der Waals surface area (Å²) >= 11 is 0. The van der Waals surface area contributed by atoms with Crippen LogP contribution in [0.2, 0.25) is 0 Å². The molecule has 3 heterocycles. The summed E-state index contributed by atoms with van der Waals surface area (Å²) in [7, 11) is -3.76. The predicted molar refractivity (Wildman–Crippen MR) is 104 cm³/mol. The molecule has 0 unspecified atom stereocenters. The molecule has 0 spiro atoms. The van der Waals surface area contributed by atoms with Gasteiger partial charge in [0.1, 0.15) is 0 Å². The number of hydrazone groups is 1. The van der Waals surface area contributed by atoms with Crippen molar-refractivity contribution in [2.75, 3.05) is 13.1 Å². The molecule has 0 saturated carbocycles. The Morgan fingerprint density at radius 3 is 2.36 bits per heavy atom. The van der Waals surface area contributed by atoms with Crippen LogP contribution in [0.4, 0.5) is 0 Å². The van der Waals surface area contributed by atoms with Gasteiger partial charge in [-0.15, -0.1) is 5.10 Å². The Balaban J connectivity index is 1.64. The van der Waals surface area contributed by atoms with Gasteiger partial charge in [-0.2, -0.15) is 5.01 Å². The largest absolute Gasteiger partial charge is 0.277 e. The van der Waals surface area contributed by atoms with E-state index in [1.54, 1.807) is 48.5 Å². The van der Waals surface area contributed by atoms with Crippen molar-refractivity contribution in [1.29, 1.82) is 0 Å². The van der Waals surface area contributed by atoms with Crippen LogP contribution in [0.15, 0.2) is 64.6 Å². The van der Waals surface area contributed by atoms with Gasteiger partial charge < -0.3 is 0 Å². The fourth-order valence-electron chi connectivity index (χ4n) is 4.11. The van der Waals surface area contributed by atoms with Crippen LogP contribution in [0.1, 0.15) is 35.2 Å². The van der Waals surface area contributed by atoms with Crippen LogP contribution in [0, 0.1) is 0 Å². The van der Waals surface area contributed by atoms with Crippen molar-refractivity contribution >= 4 is 21.8 Å². The maximum Gasteiger partial charge on any atom is 0.277 e. The van der Waals surface area contributed by atoms with Crippen LogP contribution in [0.25, 0.3) is 0 Å². The molecule has 5 rings (SSSR count). The molecule has 0 aliphatic carbocycles. The Morgan fingerprint density at radius 2 is 1.61 bits per heavy atom. The zero-order chi connectivity index (χ0) is 19.3. The summed E-state index contributed by atoms with van der Waals surface area (Å²) in [5.74, 6) is 0.0289. The van der Waals surface area contributed by atoms with Gasteiger partial charge in [-0.25, -0.2) is 12.7 Å². The van der Waals surface area contributed by atoms with Crippen molar-refractivity contribution in [1.82, 2.24) is 14.2 Å². The van der Waals surface area contributed by atoms with Gasteiger partial charge in [0.15, 0.2) is 12.1 Å². The first-order chi connectivity index (χ1) is 13.6. The molecule has 0 bridgehead atoms. The Morgan fingerprint density at radius 1 is 0.929 bits per heavy atom. The summed E-state index contributed by atoms with van der Waals surface area (Å²) < 4.78 is 27.9. The lowest BCUT2D eigenvalue weighted by Gasteiger charge is -2.38. The smallest absolute Gasteiger partial charge is 0.267 e. The minimum atomic E-state index is -3.76. The number of sulfonamides is 1. The number of amides is 1. The summed E-state index contributed by atoms with van der Waals surface area (Å²) in [6.45, 7) is 1.46. The van der Waals surface area contributed by atoms with Crippen molar-refractivity contribution in [3.8, 4) is 0 Å². The number of rotatable bonds is 2. The van der Waals surface area contributed by atoms with Crippen LogP contribution in [-0.4, -0.2) is 53.8 Å². The molecule has 1 fully saturated rings. The van der Waals surface area contributed by atoms with Gasteiger partial charge in [-0.3, -0.25) is 9.69 Å². The summed E-state index contributed by atoms with van der Waals surface area (Å²) in [6.07, 6.45) is 2.29. The number of hydrogen-bond donors (Lipinski definition) is 0. The van der Waals surface area contributed by atoms with E-state index in [9.17, 15) is 13.2 Å². The van der Waals surface area contributed by atoms with Crippen LogP contribution in [-0.2, 0) is 10.0 Å². The molecule has 0 N–H and O–H groups in total. The zero-order valence-corrected chi connectivity index (χ0v) is 16.0. The van der Waals surface area contributed by atoms with E-state index in [2.05, 4.69) is 5.10 Å². The highest BCUT2D eigenvalue weighted by Gasteiger charge is 2.53. The van der Waals surface area contributed by atoms with Crippen LogP contribution < -0.4 is 0 Å². The van der Waals surface area contributed by atoms with Crippen molar-refractivity contribution in [2.45, 2.75) is 30.4 Å². The summed E-state index contributed by atoms with van der Waals surface area (Å²) in [4.78, 5) is 15.5. The highest BCUT2D eigenvalue weighted by Crippen LogP contribution is 2.39. The minimum Gasteiger partial charge on any atom is -0.267 e. The lowest BCUT2D eigenvalue weighted by atomic mass is 10.1. The van der Waals surface area contributed by atoms with E-state index in [4.69, 9.17) is 0 Å². The number of piperidine rings is 1. The van der Waals surface area contributed by atoms with Crippen molar-refractivity contribution in [3.63, 3.8) is 0 Å². The summed E-state index contributed by atoms with van der Waals surface area (Å²) in [6, 6.07) is 15.7.